The molecule has 2 rings (SSSR count). The molecule has 1 N–H and O–H groups in total. The minimum absolute atomic E-state index is 0.328. The fraction of sp³-hybridized carbons (Fsp3) is 0.520. The Hall–Kier alpha value is -2.44. The fourth-order valence-corrected chi connectivity index (χ4v) is 3.67. The molecule has 0 aliphatic heterocycles. The molecule has 0 atom stereocenters. The molecule has 0 radical (unpaired) electrons. The highest BCUT2D eigenvalue weighted by molar-refractivity contribution is 5.96. The van der Waals surface area contributed by atoms with Crippen LogP contribution in [0.1, 0.15) is 61.8 Å². The fourth-order valence-electron chi connectivity index (χ4n) is 3.67. The lowest BCUT2D eigenvalue weighted by molar-refractivity contribution is 0.0526. The molecule has 0 amide bonds. The summed E-state index contributed by atoms with van der Waals surface area (Å²) in [6.45, 7) is 15.2. The summed E-state index contributed by atoms with van der Waals surface area (Å²) in [5, 5.41) is 3.37. The van der Waals surface area contributed by atoms with Crippen LogP contribution in [0.25, 0.3) is 0 Å². The van der Waals surface area contributed by atoms with Crippen LogP contribution in [0.4, 0.5) is 5.82 Å². The van der Waals surface area contributed by atoms with Gasteiger partial charge >= 0.3 is 5.97 Å². The second-order valence-corrected chi connectivity index (χ2v) is 8.21. The molecule has 1 heterocycles. The molecule has 0 aliphatic rings. The van der Waals surface area contributed by atoms with Gasteiger partial charge < -0.3 is 14.8 Å². The molecule has 6 heteroatoms. The zero-order valence-corrected chi connectivity index (χ0v) is 19.8. The molecule has 0 spiro atoms. The number of hydrogen-bond acceptors (Lipinski definition) is 6. The van der Waals surface area contributed by atoms with Crippen LogP contribution in [0.3, 0.4) is 0 Å². The third kappa shape index (κ3) is 7.64. The SMILES string of the molecule is CCOC(=O)c1c(C)cc(COCc2ccccc2)nc1NCCN(C(C)C)C(C)C. The van der Waals surface area contributed by atoms with E-state index in [4.69, 9.17) is 14.5 Å². The van der Waals surface area contributed by atoms with Crippen molar-refractivity contribution >= 4 is 11.8 Å². The van der Waals surface area contributed by atoms with Gasteiger partial charge in [-0.1, -0.05) is 30.3 Å². The quantitative estimate of drug-likeness (QED) is 0.490. The van der Waals surface area contributed by atoms with Crippen molar-refractivity contribution in [1.82, 2.24) is 9.88 Å². The molecule has 1 aromatic heterocycles. The van der Waals surface area contributed by atoms with Crippen LogP contribution in [0.2, 0.25) is 0 Å². The van der Waals surface area contributed by atoms with Gasteiger partial charge in [-0.3, -0.25) is 4.90 Å². The molecule has 1 aromatic carbocycles. The van der Waals surface area contributed by atoms with E-state index >= 15 is 0 Å². The molecule has 2 aromatic rings. The lowest BCUT2D eigenvalue weighted by Crippen LogP contribution is -2.40. The zero-order valence-electron chi connectivity index (χ0n) is 19.8. The van der Waals surface area contributed by atoms with Gasteiger partial charge in [0.2, 0.25) is 0 Å². The first kappa shape index (κ1) is 24.8. The number of anilines is 1. The van der Waals surface area contributed by atoms with E-state index in [1.54, 1.807) is 0 Å². The van der Waals surface area contributed by atoms with Gasteiger partial charge in [0, 0.05) is 25.2 Å². The van der Waals surface area contributed by atoms with Crippen LogP contribution in [-0.4, -0.2) is 47.6 Å². The Balaban J connectivity index is 2.14. The van der Waals surface area contributed by atoms with E-state index in [1.165, 1.54) is 0 Å². The first-order valence-electron chi connectivity index (χ1n) is 11.1. The molecule has 0 aliphatic carbocycles. The molecule has 170 valence electrons. The number of aromatic nitrogens is 1. The third-order valence-electron chi connectivity index (χ3n) is 5.10. The maximum Gasteiger partial charge on any atom is 0.342 e. The summed E-state index contributed by atoms with van der Waals surface area (Å²) in [6, 6.07) is 12.8. The molecule has 0 saturated heterocycles. The standard InChI is InChI=1S/C25H37N3O3/c1-7-31-25(29)23-20(6)15-22(17-30-16-21-11-9-8-10-12-21)27-24(23)26-13-14-28(18(2)3)19(4)5/h8-12,15,18-19H,7,13-14,16-17H2,1-6H3,(H,26,27). The van der Waals surface area contributed by atoms with Gasteiger partial charge in [0.05, 0.1) is 25.5 Å². The van der Waals surface area contributed by atoms with E-state index in [0.717, 1.165) is 23.4 Å². The summed E-state index contributed by atoms with van der Waals surface area (Å²) in [4.78, 5) is 19.7. The van der Waals surface area contributed by atoms with E-state index in [2.05, 4.69) is 37.9 Å². The van der Waals surface area contributed by atoms with Gasteiger partial charge in [0.1, 0.15) is 11.4 Å². The Labute approximate surface area is 187 Å². The van der Waals surface area contributed by atoms with Crippen molar-refractivity contribution < 1.29 is 14.3 Å². The number of nitrogens with one attached hydrogen (secondary N) is 1. The minimum atomic E-state index is -0.351. The maximum absolute atomic E-state index is 12.6. The largest absolute Gasteiger partial charge is 0.462 e. The highest BCUT2D eigenvalue weighted by Crippen LogP contribution is 2.21. The summed E-state index contributed by atoms with van der Waals surface area (Å²) < 4.78 is 11.1. The van der Waals surface area contributed by atoms with Crippen LogP contribution in [0, 0.1) is 6.92 Å². The number of nitrogens with zero attached hydrogens (tertiary/aromatic N) is 2. The second-order valence-electron chi connectivity index (χ2n) is 8.21. The Kier molecular flexibility index (Phi) is 9.95. The molecular weight excluding hydrogens is 390 g/mol. The van der Waals surface area contributed by atoms with Crippen molar-refractivity contribution in [3.05, 3.63) is 58.8 Å². The van der Waals surface area contributed by atoms with E-state index in [-0.39, 0.29) is 5.97 Å². The van der Waals surface area contributed by atoms with E-state index < -0.39 is 0 Å². The number of benzene rings is 1. The highest BCUT2D eigenvalue weighted by Gasteiger charge is 2.19. The average Bonchev–Trinajstić information content (AvgIpc) is 2.71. The summed E-state index contributed by atoms with van der Waals surface area (Å²) in [5.74, 6) is 0.209. The topological polar surface area (TPSA) is 63.7 Å². The van der Waals surface area contributed by atoms with Gasteiger partial charge in [0.25, 0.3) is 0 Å². The number of carbonyl (C=O) groups is 1. The Morgan fingerprint density at radius 3 is 2.39 bits per heavy atom. The van der Waals surface area contributed by atoms with Crippen LogP contribution in [0.15, 0.2) is 36.4 Å². The first-order chi connectivity index (χ1) is 14.8. The van der Waals surface area contributed by atoms with Crippen molar-refractivity contribution in [2.24, 2.45) is 0 Å². The van der Waals surface area contributed by atoms with Gasteiger partial charge in [-0.25, -0.2) is 9.78 Å². The number of rotatable bonds is 12. The normalized spacial score (nSPS) is 11.4. The number of ether oxygens (including phenoxy) is 2. The van der Waals surface area contributed by atoms with Crippen LogP contribution in [-0.2, 0) is 22.7 Å². The summed E-state index contributed by atoms with van der Waals surface area (Å²) >= 11 is 0. The summed E-state index contributed by atoms with van der Waals surface area (Å²) in [6.07, 6.45) is 0. The van der Waals surface area contributed by atoms with Gasteiger partial charge in [0.15, 0.2) is 0 Å². The summed E-state index contributed by atoms with van der Waals surface area (Å²) in [5.41, 5.74) is 3.23. The Morgan fingerprint density at radius 2 is 1.77 bits per heavy atom. The number of esters is 1. The maximum atomic E-state index is 12.6. The van der Waals surface area contributed by atoms with Crippen LogP contribution >= 0.6 is 0 Å². The predicted molar refractivity (Wildman–Crippen MR) is 125 cm³/mol. The van der Waals surface area contributed by atoms with Crippen LogP contribution < -0.4 is 5.32 Å². The molecule has 0 bridgehead atoms. The molecule has 0 unspecified atom stereocenters. The van der Waals surface area contributed by atoms with Gasteiger partial charge in [-0.15, -0.1) is 0 Å². The Bertz CT molecular complexity index is 814. The summed E-state index contributed by atoms with van der Waals surface area (Å²) in [7, 11) is 0. The van der Waals surface area contributed by atoms with Crippen molar-refractivity contribution in [3.8, 4) is 0 Å². The lowest BCUT2D eigenvalue weighted by atomic mass is 10.1. The first-order valence-corrected chi connectivity index (χ1v) is 11.1. The van der Waals surface area contributed by atoms with E-state index in [0.29, 0.717) is 49.8 Å². The number of pyridine rings is 1. The van der Waals surface area contributed by atoms with Crippen molar-refractivity contribution in [1.29, 1.82) is 0 Å². The number of aryl methyl sites for hydroxylation is 1. The van der Waals surface area contributed by atoms with Gasteiger partial charge in [-0.05, 0) is 58.7 Å². The van der Waals surface area contributed by atoms with E-state index in [1.807, 2.05) is 50.2 Å². The minimum Gasteiger partial charge on any atom is -0.462 e. The third-order valence-corrected chi connectivity index (χ3v) is 5.10. The van der Waals surface area contributed by atoms with Gasteiger partial charge in [-0.2, -0.15) is 0 Å². The van der Waals surface area contributed by atoms with Crippen molar-refractivity contribution in [2.45, 2.75) is 66.8 Å². The Morgan fingerprint density at radius 1 is 1.10 bits per heavy atom. The van der Waals surface area contributed by atoms with E-state index in [9.17, 15) is 4.79 Å². The highest BCUT2D eigenvalue weighted by atomic mass is 16.5. The smallest absolute Gasteiger partial charge is 0.342 e. The van der Waals surface area contributed by atoms with Crippen LogP contribution in [0.5, 0.6) is 0 Å². The molecule has 0 fully saturated rings. The monoisotopic (exact) mass is 427 g/mol. The number of carbonyl (C=O) groups excluding carboxylic acids is 1. The number of hydrogen-bond donors (Lipinski definition) is 1. The molecular formula is C25H37N3O3. The molecule has 0 saturated carbocycles. The predicted octanol–water partition coefficient (Wildman–Crippen LogP) is 4.81. The lowest BCUT2D eigenvalue weighted by Gasteiger charge is -2.30. The van der Waals surface area contributed by atoms with Crippen molar-refractivity contribution in [2.75, 3.05) is 25.0 Å². The molecule has 31 heavy (non-hydrogen) atoms. The van der Waals surface area contributed by atoms with Crippen molar-refractivity contribution in [3.63, 3.8) is 0 Å². The molecule has 6 nitrogen and oxygen atoms in total. The zero-order chi connectivity index (χ0) is 22.8. The average molecular weight is 428 g/mol. The second kappa shape index (κ2) is 12.4.